The summed E-state index contributed by atoms with van der Waals surface area (Å²) in [6.07, 6.45) is 1.77. The highest BCUT2D eigenvalue weighted by atomic mass is 79.9. The Bertz CT molecular complexity index is 378. The molecular formula is C9H14BrN3O2. The van der Waals surface area contributed by atoms with Gasteiger partial charge in [-0.1, -0.05) is 0 Å². The predicted octanol–water partition coefficient (Wildman–Crippen LogP) is 1.10. The minimum Gasteiger partial charge on any atom is -0.393 e. The Labute approximate surface area is 96.0 Å². The van der Waals surface area contributed by atoms with Crippen molar-refractivity contribution in [2.75, 3.05) is 5.32 Å². The Morgan fingerprint density at radius 3 is 2.93 bits per heavy atom. The first-order valence-electron chi connectivity index (χ1n) is 4.68. The van der Waals surface area contributed by atoms with Crippen LogP contribution in [0.25, 0.3) is 0 Å². The number of H-pyrrole nitrogens is 1. The van der Waals surface area contributed by atoms with Gasteiger partial charge in [0.15, 0.2) is 0 Å². The normalized spacial score (nSPS) is 14.7. The lowest BCUT2D eigenvalue weighted by Crippen LogP contribution is -2.22. The fraction of sp³-hybridized carbons (Fsp3) is 0.556. The summed E-state index contributed by atoms with van der Waals surface area (Å²) in [6, 6.07) is 0.0740. The maximum atomic E-state index is 11.2. The average Bonchev–Trinajstić information content (AvgIpc) is 2.11. The molecule has 0 aliphatic carbocycles. The highest BCUT2D eigenvalue weighted by molar-refractivity contribution is 9.10. The lowest BCUT2D eigenvalue weighted by Gasteiger charge is -2.16. The van der Waals surface area contributed by atoms with Crippen LogP contribution < -0.4 is 10.9 Å². The molecule has 1 heterocycles. The quantitative estimate of drug-likeness (QED) is 0.769. The zero-order chi connectivity index (χ0) is 11.4. The van der Waals surface area contributed by atoms with Crippen molar-refractivity contribution >= 4 is 21.6 Å². The fourth-order valence-corrected chi connectivity index (χ4v) is 1.63. The third-order valence-electron chi connectivity index (χ3n) is 1.89. The van der Waals surface area contributed by atoms with Gasteiger partial charge in [-0.3, -0.25) is 4.79 Å². The van der Waals surface area contributed by atoms with Crippen molar-refractivity contribution < 1.29 is 5.11 Å². The van der Waals surface area contributed by atoms with E-state index < -0.39 is 0 Å². The molecular weight excluding hydrogens is 262 g/mol. The summed E-state index contributed by atoms with van der Waals surface area (Å²) < 4.78 is 0.426. The first-order chi connectivity index (χ1) is 7.00. The smallest absolute Gasteiger partial charge is 0.280 e. The van der Waals surface area contributed by atoms with E-state index >= 15 is 0 Å². The van der Waals surface area contributed by atoms with E-state index in [1.807, 2.05) is 6.92 Å². The van der Waals surface area contributed by atoms with Crippen molar-refractivity contribution in [2.45, 2.75) is 32.4 Å². The lowest BCUT2D eigenvalue weighted by atomic mass is 10.1. The maximum Gasteiger partial charge on any atom is 0.280 e. The van der Waals surface area contributed by atoms with E-state index in [0.717, 1.165) is 0 Å². The van der Waals surface area contributed by atoms with Crippen molar-refractivity contribution in [2.24, 2.45) is 0 Å². The number of rotatable bonds is 4. The van der Waals surface area contributed by atoms with Crippen molar-refractivity contribution in [3.63, 3.8) is 0 Å². The summed E-state index contributed by atoms with van der Waals surface area (Å²) in [7, 11) is 0. The molecule has 2 atom stereocenters. The van der Waals surface area contributed by atoms with Crippen LogP contribution in [0.3, 0.4) is 0 Å². The molecule has 15 heavy (non-hydrogen) atoms. The average molecular weight is 276 g/mol. The van der Waals surface area contributed by atoms with E-state index in [1.165, 1.54) is 6.20 Å². The molecule has 0 spiro atoms. The van der Waals surface area contributed by atoms with Gasteiger partial charge in [0, 0.05) is 6.04 Å². The number of anilines is 1. The maximum absolute atomic E-state index is 11.2. The number of aliphatic hydroxyl groups is 1. The molecule has 0 radical (unpaired) electrons. The Kier molecular flexibility index (Phi) is 4.28. The van der Waals surface area contributed by atoms with Crippen LogP contribution in [-0.4, -0.2) is 27.4 Å². The van der Waals surface area contributed by atoms with Crippen LogP contribution in [0.15, 0.2) is 15.5 Å². The summed E-state index contributed by atoms with van der Waals surface area (Å²) >= 11 is 3.17. The van der Waals surface area contributed by atoms with Crippen molar-refractivity contribution in [1.82, 2.24) is 10.2 Å². The summed E-state index contributed by atoms with van der Waals surface area (Å²) in [4.78, 5) is 11.2. The van der Waals surface area contributed by atoms with E-state index in [2.05, 4.69) is 31.4 Å². The number of aromatic amines is 1. The largest absolute Gasteiger partial charge is 0.393 e. The molecule has 84 valence electrons. The van der Waals surface area contributed by atoms with E-state index in [4.69, 9.17) is 0 Å². The summed E-state index contributed by atoms with van der Waals surface area (Å²) in [5.41, 5.74) is 0.358. The lowest BCUT2D eigenvalue weighted by molar-refractivity contribution is 0.179. The van der Waals surface area contributed by atoms with Crippen LogP contribution in [0, 0.1) is 0 Å². The van der Waals surface area contributed by atoms with Gasteiger partial charge in [0.25, 0.3) is 5.56 Å². The monoisotopic (exact) mass is 275 g/mol. The van der Waals surface area contributed by atoms with Gasteiger partial charge in [0.05, 0.1) is 18.0 Å². The van der Waals surface area contributed by atoms with Crippen LogP contribution in [0.4, 0.5) is 5.69 Å². The fourth-order valence-electron chi connectivity index (χ4n) is 1.32. The zero-order valence-electron chi connectivity index (χ0n) is 8.62. The number of aliphatic hydroxyl groups excluding tert-OH is 1. The number of halogens is 1. The molecule has 0 aliphatic rings. The van der Waals surface area contributed by atoms with Crippen molar-refractivity contribution in [3.05, 3.63) is 21.0 Å². The zero-order valence-corrected chi connectivity index (χ0v) is 10.2. The number of hydrogen-bond donors (Lipinski definition) is 3. The molecule has 0 bridgehead atoms. The van der Waals surface area contributed by atoms with Crippen LogP contribution in [0.1, 0.15) is 20.3 Å². The van der Waals surface area contributed by atoms with Gasteiger partial charge in [0.1, 0.15) is 4.47 Å². The molecule has 0 aliphatic heterocycles. The van der Waals surface area contributed by atoms with E-state index in [1.54, 1.807) is 6.92 Å². The van der Waals surface area contributed by atoms with E-state index in [0.29, 0.717) is 16.6 Å². The number of nitrogens with zero attached hydrogens (tertiary/aromatic N) is 1. The summed E-state index contributed by atoms with van der Waals surface area (Å²) in [5.74, 6) is 0. The first-order valence-corrected chi connectivity index (χ1v) is 5.47. The summed E-state index contributed by atoms with van der Waals surface area (Å²) in [5, 5.41) is 18.3. The molecule has 0 aromatic carbocycles. The van der Waals surface area contributed by atoms with Gasteiger partial charge in [-0.05, 0) is 36.2 Å². The van der Waals surface area contributed by atoms with Crippen molar-refractivity contribution in [1.29, 1.82) is 0 Å². The molecule has 0 saturated heterocycles. The second-order valence-corrected chi connectivity index (χ2v) is 4.35. The molecule has 1 rings (SSSR count). The van der Waals surface area contributed by atoms with Gasteiger partial charge >= 0.3 is 0 Å². The van der Waals surface area contributed by atoms with E-state index in [-0.39, 0.29) is 17.7 Å². The SMILES string of the molecule is CC(O)CC(C)Nc1cn[nH]c(=O)c1Br. The standard InChI is InChI=1S/C9H14BrN3O2/c1-5(3-6(2)14)12-7-4-11-13-9(15)8(7)10/h4-6,14H,3H2,1-2H3,(H2,12,13,15). The first kappa shape index (κ1) is 12.2. The highest BCUT2D eigenvalue weighted by Crippen LogP contribution is 2.17. The van der Waals surface area contributed by atoms with Gasteiger partial charge in [0.2, 0.25) is 0 Å². The Morgan fingerprint density at radius 2 is 2.33 bits per heavy atom. The van der Waals surface area contributed by atoms with Crippen LogP contribution in [-0.2, 0) is 0 Å². The highest BCUT2D eigenvalue weighted by Gasteiger charge is 2.09. The molecule has 0 amide bonds. The second kappa shape index (κ2) is 5.27. The van der Waals surface area contributed by atoms with Gasteiger partial charge in [-0.15, -0.1) is 0 Å². The number of hydrogen-bond acceptors (Lipinski definition) is 4. The molecule has 0 fully saturated rings. The molecule has 2 unspecified atom stereocenters. The van der Waals surface area contributed by atoms with Crippen LogP contribution in [0.2, 0.25) is 0 Å². The molecule has 1 aromatic rings. The molecule has 5 nitrogen and oxygen atoms in total. The minimum absolute atomic E-state index is 0.0740. The summed E-state index contributed by atoms with van der Waals surface area (Å²) in [6.45, 7) is 3.66. The van der Waals surface area contributed by atoms with Crippen LogP contribution >= 0.6 is 15.9 Å². The second-order valence-electron chi connectivity index (χ2n) is 3.56. The Morgan fingerprint density at radius 1 is 1.67 bits per heavy atom. The van der Waals surface area contributed by atoms with Crippen LogP contribution in [0.5, 0.6) is 0 Å². The Hall–Kier alpha value is -0.880. The predicted molar refractivity (Wildman–Crippen MR) is 61.9 cm³/mol. The topological polar surface area (TPSA) is 78.0 Å². The molecule has 1 aromatic heterocycles. The van der Waals surface area contributed by atoms with Gasteiger partial charge in [-0.25, -0.2) is 5.10 Å². The van der Waals surface area contributed by atoms with Gasteiger partial charge in [-0.2, -0.15) is 5.10 Å². The number of nitrogens with one attached hydrogen (secondary N) is 2. The Balaban J connectivity index is 2.72. The number of aromatic nitrogens is 2. The molecule has 3 N–H and O–H groups in total. The van der Waals surface area contributed by atoms with Gasteiger partial charge < -0.3 is 10.4 Å². The molecule has 6 heteroatoms. The minimum atomic E-state index is -0.374. The molecule has 0 saturated carbocycles. The third-order valence-corrected chi connectivity index (χ3v) is 2.68. The van der Waals surface area contributed by atoms with Crippen molar-refractivity contribution in [3.8, 4) is 0 Å². The third kappa shape index (κ3) is 3.64. The van der Waals surface area contributed by atoms with E-state index in [9.17, 15) is 9.90 Å².